The summed E-state index contributed by atoms with van der Waals surface area (Å²) >= 11 is 0. The van der Waals surface area contributed by atoms with E-state index in [1.165, 1.54) is 19.1 Å². The van der Waals surface area contributed by atoms with Crippen LogP contribution in [-0.4, -0.2) is 67.9 Å². The standard InChI is InChI=1S/C26H27NO9.ClH/c1-10-21(29)15(27)7-17(35-10)36-16-9-26(34,11(2)28)8-14-18(16)25(33)20-19(24(14)32)22(30)12-5-3-4-6-13(12)23(20)31;/h3-6,10,15-17,21,29,32-34H,7-9,27H2,1-2H3;1H/t10-,15-,16-,17+,21+,26+;/m0./s1. The number of carbonyl (C=O) groups is 3. The number of hydrogen-bond acceptors (Lipinski definition) is 10. The first-order valence-corrected chi connectivity index (χ1v) is 11.7. The third kappa shape index (κ3) is 4.14. The highest BCUT2D eigenvalue weighted by atomic mass is 35.5. The van der Waals surface area contributed by atoms with Crippen LogP contribution in [0.2, 0.25) is 0 Å². The summed E-state index contributed by atoms with van der Waals surface area (Å²) in [4.78, 5) is 39.0. The van der Waals surface area contributed by atoms with Crippen LogP contribution < -0.4 is 5.73 Å². The van der Waals surface area contributed by atoms with E-state index < -0.39 is 71.5 Å². The summed E-state index contributed by atoms with van der Waals surface area (Å²) in [7, 11) is 0. The van der Waals surface area contributed by atoms with Crippen molar-refractivity contribution < 1.29 is 44.3 Å². The smallest absolute Gasteiger partial charge is 0.198 e. The second-order valence-electron chi connectivity index (χ2n) is 9.80. The van der Waals surface area contributed by atoms with Gasteiger partial charge >= 0.3 is 0 Å². The van der Waals surface area contributed by atoms with Crippen LogP contribution in [0.15, 0.2) is 24.3 Å². The van der Waals surface area contributed by atoms with E-state index in [1.54, 1.807) is 19.1 Å². The molecule has 5 rings (SSSR count). The molecule has 3 aliphatic rings. The Labute approximate surface area is 218 Å². The molecule has 2 aliphatic carbocycles. The second-order valence-corrected chi connectivity index (χ2v) is 9.80. The quantitative estimate of drug-likeness (QED) is 0.309. The molecule has 11 heteroatoms. The molecule has 0 unspecified atom stereocenters. The number of hydrogen-bond donors (Lipinski definition) is 5. The van der Waals surface area contributed by atoms with Gasteiger partial charge in [0.1, 0.15) is 17.1 Å². The number of carbonyl (C=O) groups excluding carboxylic acids is 3. The molecule has 0 saturated carbocycles. The van der Waals surface area contributed by atoms with Crippen LogP contribution >= 0.6 is 12.4 Å². The Morgan fingerprint density at radius 1 is 1.11 bits per heavy atom. The number of ketones is 3. The fraction of sp³-hybridized carbons (Fsp3) is 0.423. The van der Waals surface area contributed by atoms with Crippen molar-refractivity contribution in [3.63, 3.8) is 0 Å². The van der Waals surface area contributed by atoms with Crippen molar-refractivity contribution in [2.75, 3.05) is 0 Å². The summed E-state index contributed by atoms with van der Waals surface area (Å²) in [6, 6.07) is 5.40. The number of nitrogens with two attached hydrogens (primary N) is 1. The Hall–Kier alpha value is -2.86. The Balaban J connectivity index is 0.00000320. The van der Waals surface area contributed by atoms with Gasteiger partial charge in [0.05, 0.1) is 29.4 Å². The number of aromatic hydroxyl groups is 2. The van der Waals surface area contributed by atoms with E-state index >= 15 is 0 Å². The SMILES string of the molecule is CC(=O)[C@@]1(O)Cc2c(O)c3c(c(O)c2[C@@H](O[C@@H]2C[C@H](N)[C@H](O)[C@H](C)O2)C1)C(=O)c1ccccc1C3=O.Cl. The molecule has 1 heterocycles. The first-order valence-electron chi connectivity index (χ1n) is 11.7. The number of halogens is 1. The molecule has 2 aromatic carbocycles. The van der Waals surface area contributed by atoms with E-state index in [0.29, 0.717) is 0 Å². The summed E-state index contributed by atoms with van der Waals surface area (Å²) in [5.74, 6) is -3.06. The lowest BCUT2D eigenvalue weighted by Crippen LogP contribution is -2.52. The monoisotopic (exact) mass is 533 g/mol. The Morgan fingerprint density at radius 3 is 2.22 bits per heavy atom. The molecule has 2 aromatic rings. The van der Waals surface area contributed by atoms with Gasteiger partial charge in [-0.25, -0.2) is 0 Å². The predicted molar refractivity (Wildman–Crippen MR) is 131 cm³/mol. The molecule has 0 spiro atoms. The molecule has 0 bridgehead atoms. The molecule has 0 amide bonds. The van der Waals surface area contributed by atoms with E-state index in [1.807, 2.05) is 0 Å². The zero-order chi connectivity index (χ0) is 26.1. The van der Waals surface area contributed by atoms with E-state index in [9.17, 15) is 34.8 Å². The largest absolute Gasteiger partial charge is 0.507 e. The fourth-order valence-corrected chi connectivity index (χ4v) is 5.42. The van der Waals surface area contributed by atoms with Crippen LogP contribution in [0.25, 0.3) is 0 Å². The Kier molecular flexibility index (Phi) is 6.95. The highest BCUT2D eigenvalue weighted by Crippen LogP contribution is 2.51. The molecule has 10 nitrogen and oxygen atoms in total. The summed E-state index contributed by atoms with van der Waals surface area (Å²) in [5.41, 5.74) is 3.38. The number of phenolic OH excluding ortho intramolecular Hbond substituents is 2. The number of fused-ring (bicyclic) bond motifs is 3. The highest BCUT2D eigenvalue weighted by molar-refractivity contribution is 6.30. The van der Waals surface area contributed by atoms with Gasteiger partial charge in [0, 0.05) is 47.6 Å². The molecule has 0 aromatic heterocycles. The number of aliphatic hydroxyl groups excluding tert-OH is 1. The molecule has 6 atom stereocenters. The van der Waals surface area contributed by atoms with Gasteiger partial charge in [-0.3, -0.25) is 14.4 Å². The lowest BCUT2D eigenvalue weighted by molar-refractivity contribution is -0.247. The summed E-state index contributed by atoms with van der Waals surface area (Å²) < 4.78 is 11.8. The van der Waals surface area contributed by atoms with Gasteiger partial charge in [-0.05, 0) is 13.8 Å². The number of rotatable bonds is 3. The maximum atomic E-state index is 13.3. The summed E-state index contributed by atoms with van der Waals surface area (Å²) in [5, 5.41) is 43.8. The minimum Gasteiger partial charge on any atom is -0.507 e. The maximum Gasteiger partial charge on any atom is 0.198 e. The van der Waals surface area contributed by atoms with Crippen molar-refractivity contribution in [3.05, 3.63) is 57.6 Å². The van der Waals surface area contributed by atoms with E-state index in [4.69, 9.17) is 15.2 Å². The van der Waals surface area contributed by atoms with Crippen molar-refractivity contribution in [1.82, 2.24) is 0 Å². The Bertz CT molecular complexity index is 1300. The average Bonchev–Trinajstić information content (AvgIpc) is 2.82. The van der Waals surface area contributed by atoms with Gasteiger partial charge in [0.15, 0.2) is 23.6 Å². The minimum absolute atomic E-state index is 0. The van der Waals surface area contributed by atoms with E-state index in [0.717, 1.165) is 0 Å². The van der Waals surface area contributed by atoms with Gasteiger partial charge in [-0.2, -0.15) is 0 Å². The maximum absolute atomic E-state index is 13.3. The molecule has 1 saturated heterocycles. The summed E-state index contributed by atoms with van der Waals surface area (Å²) in [6.07, 6.45) is -4.38. The molecular weight excluding hydrogens is 506 g/mol. The Morgan fingerprint density at radius 2 is 1.68 bits per heavy atom. The van der Waals surface area contributed by atoms with E-state index in [2.05, 4.69) is 0 Å². The van der Waals surface area contributed by atoms with Crippen LogP contribution in [0.4, 0.5) is 0 Å². The average molecular weight is 534 g/mol. The van der Waals surface area contributed by atoms with Crippen molar-refractivity contribution in [1.29, 1.82) is 0 Å². The van der Waals surface area contributed by atoms with Crippen molar-refractivity contribution in [3.8, 4) is 11.5 Å². The molecule has 6 N–H and O–H groups in total. The number of ether oxygens (including phenoxy) is 2. The molecular formula is C26H28ClNO9. The number of benzene rings is 2. The topological polar surface area (TPSA) is 177 Å². The molecule has 1 aliphatic heterocycles. The molecule has 0 radical (unpaired) electrons. The lowest BCUT2D eigenvalue weighted by Gasteiger charge is -2.42. The highest BCUT2D eigenvalue weighted by Gasteiger charge is 2.49. The first kappa shape index (κ1) is 27.2. The molecule has 198 valence electrons. The first-order chi connectivity index (χ1) is 16.9. The number of Topliss-reactive ketones (excluding diaryl/α,β-unsaturated/α-hetero) is 1. The van der Waals surface area contributed by atoms with Gasteiger partial charge in [-0.15, -0.1) is 12.4 Å². The fourth-order valence-electron chi connectivity index (χ4n) is 5.42. The van der Waals surface area contributed by atoms with Gasteiger partial charge < -0.3 is 35.6 Å². The third-order valence-electron chi connectivity index (χ3n) is 7.50. The van der Waals surface area contributed by atoms with Crippen molar-refractivity contribution >= 4 is 29.8 Å². The number of aliphatic hydroxyl groups is 2. The second kappa shape index (κ2) is 9.46. The van der Waals surface area contributed by atoms with Crippen LogP contribution in [0.1, 0.15) is 75.8 Å². The predicted octanol–water partition coefficient (Wildman–Crippen LogP) is 1.44. The van der Waals surface area contributed by atoms with Gasteiger partial charge in [-0.1, -0.05) is 24.3 Å². The lowest BCUT2D eigenvalue weighted by atomic mass is 9.72. The van der Waals surface area contributed by atoms with Crippen molar-refractivity contribution in [2.24, 2.45) is 5.73 Å². The van der Waals surface area contributed by atoms with Gasteiger partial charge in [0.25, 0.3) is 0 Å². The number of phenols is 2. The van der Waals surface area contributed by atoms with Crippen molar-refractivity contribution in [2.45, 2.75) is 69.4 Å². The van der Waals surface area contributed by atoms with Crippen LogP contribution in [0.5, 0.6) is 11.5 Å². The van der Waals surface area contributed by atoms with Crippen LogP contribution in [0.3, 0.4) is 0 Å². The third-order valence-corrected chi connectivity index (χ3v) is 7.50. The zero-order valence-electron chi connectivity index (χ0n) is 20.1. The minimum atomic E-state index is -1.97. The zero-order valence-corrected chi connectivity index (χ0v) is 20.9. The van der Waals surface area contributed by atoms with Crippen LogP contribution in [-0.2, 0) is 20.7 Å². The van der Waals surface area contributed by atoms with E-state index in [-0.39, 0.29) is 58.6 Å². The normalized spacial score (nSPS) is 30.6. The van der Waals surface area contributed by atoms with Gasteiger partial charge in [0.2, 0.25) is 0 Å². The summed E-state index contributed by atoms with van der Waals surface area (Å²) in [6.45, 7) is 2.80. The van der Waals surface area contributed by atoms with Crippen LogP contribution in [0, 0.1) is 0 Å². The molecule has 37 heavy (non-hydrogen) atoms. The molecule has 1 fully saturated rings.